The molecule has 0 heterocycles. The lowest BCUT2D eigenvalue weighted by atomic mass is 9.74. The molecule has 17 heavy (non-hydrogen) atoms. The standard InChI is InChI=1S/C14H18O3/c1-4-17-13(2)9-10-7-5-6-8-11(10)14(13,3)12(15)16/h5-8H,4,9H2,1-3H3,(H,15,16). The molecule has 0 spiro atoms. The van der Waals surface area contributed by atoms with Crippen LogP contribution in [-0.4, -0.2) is 23.3 Å². The van der Waals surface area contributed by atoms with Crippen LogP contribution in [0, 0.1) is 0 Å². The average Bonchev–Trinajstić information content (AvgIpc) is 2.50. The van der Waals surface area contributed by atoms with Crippen LogP contribution in [0.15, 0.2) is 24.3 Å². The zero-order valence-electron chi connectivity index (χ0n) is 10.5. The second-order valence-corrected chi connectivity index (χ2v) is 4.93. The normalized spacial score (nSPS) is 31.2. The maximum absolute atomic E-state index is 11.7. The lowest BCUT2D eigenvalue weighted by Gasteiger charge is -2.37. The van der Waals surface area contributed by atoms with E-state index in [2.05, 4.69) is 0 Å². The summed E-state index contributed by atoms with van der Waals surface area (Å²) in [4.78, 5) is 11.7. The van der Waals surface area contributed by atoms with Crippen LogP contribution < -0.4 is 0 Å². The van der Waals surface area contributed by atoms with Gasteiger partial charge in [-0.25, -0.2) is 0 Å². The predicted octanol–water partition coefficient (Wildman–Crippen LogP) is 2.38. The van der Waals surface area contributed by atoms with Crippen molar-refractivity contribution in [1.29, 1.82) is 0 Å². The minimum Gasteiger partial charge on any atom is -0.481 e. The van der Waals surface area contributed by atoms with E-state index in [0.717, 1.165) is 11.1 Å². The maximum Gasteiger partial charge on any atom is 0.316 e. The van der Waals surface area contributed by atoms with Crippen molar-refractivity contribution in [2.75, 3.05) is 6.61 Å². The van der Waals surface area contributed by atoms with Crippen LogP contribution in [0.5, 0.6) is 0 Å². The van der Waals surface area contributed by atoms with E-state index in [9.17, 15) is 9.90 Å². The van der Waals surface area contributed by atoms with Gasteiger partial charge in [-0.05, 0) is 31.9 Å². The Balaban J connectivity index is 2.59. The molecule has 2 unspecified atom stereocenters. The number of benzene rings is 1. The summed E-state index contributed by atoms with van der Waals surface area (Å²) in [6, 6.07) is 7.71. The SMILES string of the molecule is CCOC1(C)Cc2ccccc2C1(C)C(=O)O. The molecule has 0 bridgehead atoms. The smallest absolute Gasteiger partial charge is 0.316 e. The van der Waals surface area contributed by atoms with Crippen LogP contribution >= 0.6 is 0 Å². The third-order valence-corrected chi connectivity index (χ3v) is 4.03. The summed E-state index contributed by atoms with van der Waals surface area (Å²) in [5.74, 6) is -0.821. The Kier molecular flexibility index (Phi) is 2.74. The zero-order chi connectivity index (χ0) is 12.7. The highest BCUT2D eigenvalue weighted by atomic mass is 16.5. The van der Waals surface area contributed by atoms with Crippen molar-refractivity contribution in [3.63, 3.8) is 0 Å². The molecule has 0 amide bonds. The third kappa shape index (κ3) is 1.49. The highest BCUT2D eigenvalue weighted by Gasteiger charge is 2.57. The van der Waals surface area contributed by atoms with Crippen molar-refractivity contribution < 1.29 is 14.6 Å². The van der Waals surface area contributed by atoms with Gasteiger partial charge in [-0.1, -0.05) is 24.3 Å². The molecule has 92 valence electrons. The summed E-state index contributed by atoms with van der Waals surface area (Å²) in [5, 5.41) is 9.60. The molecule has 1 aromatic carbocycles. The molecule has 1 aliphatic rings. The van der Waals surface area contributed by atoms with Crippen molar-refractivity contribution in [2.45, 2.75) is 38.2 Å². The van der Waals surface area contributed by atoms with Gasteiger partial charge in [0.05, 0.1) is 5.60 Å². The van der Waals surface area contributed by atoms with E-state index < -0.39 is 17.0 Å². The molecule has 1 aliphatic carbocycles. The van der Waals surface area contributed by atoms with Gasteiger partial charge in [-0.3, -0.25) is 4.79 Å². The molecule has 1 N–H and O–H groups in total. The first-order valence-corrected chi connectivity index (χ1v) is 5.91. The fourth-order valence-electron chi connectivity index (χ4n) is 2.84. The third-order valence-electron chi connectivity index (χ3n) is 4.03. The topological polar surface area (TPSA) is 46.5 Å². The Morgan fingerprint density at radius 2 is 2.06 bits per heavy atom. The molecule has 0 aliphatic heterocycles. The van der Waals surface area contributed by atoms with E-state index in [0.29, 0.717) is 13.0 Å². The van der Waals surface area contributed by atoms with E-state index in [1.54, 1.807) is 6.92 Å². The highest BCUT2D eigenvalue weighted by Crippen LogP contribution is 2.48. The first kappa shape index (κ1) is 12.1. The van der Waals surface area contributed by atoms with E-state index in [1.807, 2.05) is 38.1 Å². The second kappa shape index (κ2) is 3.84. The summed E-state index contributed by atoms with van der Waals surface area (Å²) in [6.07, 6.45) is 0.653. The molecular formula is C14H18O3. The van der Waals surface area contributed by atoms with Crippen LogP contribution in [0.1, 0.15) is 31.9 Å². The van der Waals surface area contributed by atoms with Gasteiger partial charge >= 0.3 is 5.97 Å². The Morgan fingerprint density at radius 1 is 1.41 bits per heavy atom. The second-order valence-electron chi connectivity index (χ2n) is 4.93. The molecule has 0 fully saturated rings. The van der Waals surface area contributed by atoms with Crippen molar-refractivity contribution in [3.8, 4) is 0 Å². The lowest BCUT2D eigenvalue weighted by Crippen LogP contribution is -2.52. The maximum atomic E-state index is 11.7. The molecule has 3 heteroatoms. The van der Waals surface area contributed by atoms with Crippen LogP contribution in [0.3, 0.4) is 0 Å². The summed E-state index contributed by atoms with van der Waals surface area (Å²) in [5.41, 5.74) is 0.313. The number of carboxylic acids is 1. The first-order chi connectivity index (χ1) is 7.95. The lowest BCUT2D eigenvalue weighted by molar-refractivity contribution is -0.157. The summed E-state index contributed by atoms with van der Waals surface area (Å²) >= 11 is 0. The quantitative estimate of drug-likeness (QED) is 0.873. The number of hydrogen-bond donors (Lipinski definition) is 1. The van der Waals surface area contributed by atoms with E-state index in [4.69, 9.17) is 4.74 Å². The van der Waals surface area contributed by atoms with Gasteiger partial charge in [0.15, 0.2) is 0 Å². The Labute approximate surface area is 101 Å². The van der Waals surface area contributed by atoms with Crippen LogP contribution in [0.2, 0.25) is 0 Å². The van der Waals surface area contributed by atoms with Crippen molar-refractivity contribution >= 4 is 5.97 Å². The first-order valence-electron chi connectivity index (χ1n) is 5.91. The van der Waals surface area contributed by atoms with Crippen molar-refractivity contribution in [1.82, 2.24) is 0 Å². The zero-order valence-corrected chi connectivity index (χ0v) is 10.5. The summed E-state index contributed by atoms with van der Waals surface area (Å²) in [7, 11) is 0. The van der Waals surface area contributed by atoms with Crippen LogP contribution in [0.4, 0.5) is 0 Å². The Hall–Kier alpha value is -1.35. The molecule has 2 rings (SSSR count). The number of ether oxygens (including phenoxy) is 1. The van der Waals surface area contributed by atoms with Gasteiger partial charge in [-0.2, -0.15) is 0 Å². The minimum atomic E-state index is -0.973. The summed E-state index contributed by atoms with van der Waals surface area (Å²) in [6.45, 7) is 6.07. The minimum absolute atomic E-state index is 0.521. The predicted molar refractivity (Wildman–Crippen MR) is 65.2 cm³/mol. The van der Waals surface area contributed by atoms with E-state index >= 15 is 0 Å². The number of aliphatic carboxylic acids is 1. The fourth-order valence-corrected chi connectivity index (χ4v) is 2.84. The molecule has 1 aromatic rings. The van der Waals surface area contributed by atoms with Crippen molar-refractivity contribution in [2.24, 2.45) is 0 Å². The van der Waals surface area contributed by atoms with Gasteiger partial charge in [0, 0.05) is 13.0 Å². The molecular weight excluding hydrogens is 216 g/mol. The molecule has 3 nitrogen and oxygen atoms in total. The fraction of sp³-hybridized carbons (Fsp3) is 0.500. The number of rotatable bonds is 3. The van der Waals surface area contributed by atoms with Crippen LogP contribution in [-0.2, 0) is 21.4 Å². The van der Waals surface area contributed by atoms with Gasteiger partial charge in [0.25, 0.3) is 0 Å². The molecule has 0 saturated heterocycles. The molecule has 0 aromatic heterocycles. The number of carboxylic acid groups (broad SMARTS) is 1. The number of fused-ring (bicyclic) bond motifs is 1. The van der Waals surface area contributed by atoms with Crippen molar-refractivity contribution in [3.05, 3.63) is 35.4 Å². The Bertz CT molecular complexity index is 455. The number of carbonyl (C=O) groups is 1. The molecule has 2 atom stereocenters. The molecule has 0 radical (unpaired) electrons. The van der Waals surface area contributed by atoms with E-state index in [-0.39, 0.29) is 0 Å². The Morgan fingerprint density at radius 3 is 2.65 bits per heavy atom. The van der Waals surface area contributed by atoms with Gasteiger partial charge in [-0.15, -0.1) is 0 Å². The number of hydrogen-bond acceptors (Lipinski definition) is 2. The molecule has 0 saturated carbocycles. The van der Waals surface area contributed by atoms with E-state index in [1.165, 1.54) is 0 Å². The highest BCUT2D eigenvalue weighted by molar-refractivity contribution is 5.85. The van der Waals surface area contributed by atoms with Gasteiger partial charge in [0.1, 0.15) is 5.41 Å². The largest absolute Gasteiger partial charge is 0.481 e. The van der Waals surface area contributed by atoms with Crippen LogP contribution in [0.25, 0.3) is 0 Å². The van der Waals surface area contributed by atoms with Gasteiger partial charge in [0.2, 0.25) is 0 Å². The summed E-state index contributed by atoms with van der Waals surface area (Å²) < 4.78 is 5.77. The average molecular weight is 234 g/mol. The monoisotopic (exact) mass is 234 g/mol. The van der Waals surface area contributed by atoms with Gasteiger partial charge < -0.3 is 9.84 Å².